The van der Waals surface area contributed by atoms with Crippen molar-refractivity contribution in [2.75, 3.05) is 5.73 Å². The van der Waals surface area contributed by atoms with Crippen LogP contribution in [0.3, 0.4) is 0 Å². The van der Waals surface area contributed by atoms with Crippen LogP contribution >= 0.6 is 0 Å². The van der Waals surface area contributed by atoms with Crippen LogP contribution in [0.2, 0.25) is 0 Å². The Morgan fingerprint density at radius 1 is 1.30 bits per heavy atom. The van der Waals surface area contributed by atoms with Crippen molar-refractivity contribution in [2.24, 2.45) is 0 Å². The maximum atomic E-state index is 13.0. The van der Waals surface area contributed by atoms with Gasteiger partial charge in [-0.3, -0.25) is 0 Å². The Labute approximate surface area is 115 Å². The Morgan fingerprint density at radius 3 is 2.80 bits per heavy atom. The van der Waals surface area contributed by atoms with E-state index in [0.29, 0.717) is 11.1 Å². The maximum absolute atomic E-state index is 13.0. The monoisotopic (exact) mass is 270 g/mol. The van der Waals surface area contributed by atoms with Crippen molar-refractivity contribution in [1.29, 1.82) is 5.26 Å². The Morgan fingerprint density at radius 2 is 2.10 bits per heavy atom. The van der Waals surface area contributed by atoms with Crippen LogP contribution in [-0.4, -0.2) is 5.97 Å². The first-order chi connectivity index (χ1) is 9.60. The van der Waals surface area contributed by atoms with E-state index < -0.39 is 11.8 Å². The fourth-order valence-electron chi connectivity index (χ4n) is 1.63. The molecule has 0 aliphatic carbocycles. The molecule has 2 aromatic rings. The molecule has 20 heavy (non-hydrogen) atoms. The third-order valence-electron chi connectivity index (χ3n) is 2.66. The molecule has 0 atom stereocenters. The van der Waals surface area contributed by atoms with Gasteiger partial charge in [0.2, 0.25) is 0 Å². The highest BCUT2D eigenvalue weighted by atomic mass is 19.1. The quantitative estimate of drug-likeness (QED) is 0.687. The van der Waals surface area contributed by atoms with E-state index in [2.05, 4.69) is 0 Å². The molecule has 0 aromatic heterocycles. The normalized spacial score (nSPS) is 9.80. The molecular formula is C15H11FN2O2. The van der Waals surface area contributed by atoms with E-state index in [1.807, 2.05) is 6.07 Å². The number of hydrogen-bond donors (Lipinski definition) is 1. The van der Waals surface area contributed by atoms with Crippen LogP contribution in [0.15, 0.2) is 42.5 Å². The molecule has 0 unspecified atom stereocenters. The molecule has 2 rings (SSSR count). The Hall–Kier alpha value is -2.87. The average molecular weight is 270 g/mol. The highest BCUT2D eigenvalue weighted by Gasteiger charge is 2.10. The highest BCUT2D eigenvalue weighted by molar-refractivity contribution is 5.90. The van der Waals surface area contributed by atoms with Gasteiger partial charge in [-0.1, -0.05) is 12.1 Å². The Kier molecular flexibility index (Phi) is 3.96. The molecule has 0 heterocycles. The van der Waals surface area contributed by atoms with E-state index in [0.717, 1.165) is 6.07 Å². The molecule has 100 valence electrons. The summed E-state index contributed by atoms with van der Waals surface area (Å²) in [5.74, 6) is -1.18. The predicted octanol–water partition coefficient (Wildman–Crippen LogP) is 2.64. The number of ether oxygens (including phenoxy) is 1. The lowest BCUT2D eigenvalue weighted by Gasteiger charge is -2.06. The number of nitriles is 1. The minimum absolute atomic E-state index is 0.0334. The van der Waals surface area contributed by atoms with Crippen LogP contribution in [0, 0.1) is 17.1 Å². The van der Waals surface area contributed by atoms with Crippen LogP contribution in [0.4, 0.5) is 10.1 Å². The van der Waals surface area contributed by atoms with Crippen LogP contribution in [0.25, 0.3) is 0 Å². The molecule has 0 saturated carbocycles. The number of nitrogens with zero attached hydrogens (tertiary/aromatic N) is 1. The minimum Gasteiger partial charge on any atom is -0.457 e. The molecule has 2 N–H and O–H groups in total. The van der Waals surface area contributed by atoms with Gasteiger partial charge in [0.25, 0.3) is 0 Å². The zero-order valence-electron chi connectivity index (χ0n) is 10.5. The lowest BCUT2D eigenvalue weighted by atomic mass is 10.1. The van der Waals surface area contributed by atoms with E-state index in [-0.39, 0.29) is 17.9 Å². The van der Waals surface area contributed by atoms with Gasteiger partial charge >= 0.3 is 5.97 Å². The summed E-state index contributed by atoms with van der Waals surface area (Å²) in [6.07, 6.45) is 0. The van der Waals surface area contributed by atoms with Gasteiger partial charge in [-0.2, -0.15) is 5.26 Å². The van der Waals surface area contributed by atoms with Gasteiger partial charge in [0, 0.05) is 0 Å². The van der Waals surface area contributed by atoms with Gasteiger partial charge < -0.3 is 10.5 Å². The predicted molar refractivity (Wildman–Crippen MR) is 71.1 cm³/mol. The van der Waals surface area contributed by atoms with E-state index >= 15 is 0 Å². The number of carbonyl (C=O) groups excluding carboxylic acids is 1. The standard InChI is InChI=1S/C15H11FN2O2/c16-13-5-4-12(7-14(13)18)15(19)20-9-11-3-1-2-10(6-11)8-17/h1-7H,9,18H2. The van der Waals surface area contributed by atoms with Crippen LogP contribution in [0.5, 0.6) is 0 Å². The summed E-state index contributed by atoms with van der Waals surface area (Å²) in [6, 6.07) is 12.4. The van der Waals surface area contributed by atoms with Crippen molar-refractivity contribution in [3.8, 4) is 6.07 Å². The molecule has 0 saturated heterocycles. The van der Waals surface area contributed by atoms with Crippen LogP contribution < -0.4 is 5.73 Å². The number of halogens is 1. The van der Waals surface area contributed by atoms with Gasteiger partial charge in [0.1, 0.15) is 12.4 Å². The lowest BCUT2D eigenvalue weighted by Crippen LogP contribution is -2.06. The summed E-state index contributed by atoms with van der Waals surface area (Å²) in [6.45, 7) is 0.0334. The average Bonchev–Trinajstić information content (AvgIpc) is 2.47. The third kappa shape index (κ3) is 3.12. The van der Waals surface area contributed by atoms with Crippen molar-refractivity contribution < 1.29 is 13.9 Å². The van der Waals surface area contributed by atoms with E-state index in [1.165, 1.54) is 12.1 Å². The molecule has 0 fully saturated rings. The van der Waals surface area contributed by atoms with Gasteiger partial charge in [-0.25, -0.2) is 9.18 Å². The first kappa shape index (κ1) is 13.6. The van der Waals surface area contributed by atoms with Gasteiger partial charge in [-0.15, -0.1) is 0 Å². The van der Waals surface area contributed by atoms with Crippen LogP contribution in [0.1, 0.15) is 21.5 Å². The largest absolute Gasteiger partial charge is 0.457 e. The fourth-order valence-corrected chi connectivity index (χ4v) is 1.63. The number of esters is 1. The molecule has 0 amide bonds. The number of nitrogens with two attached hydrogens (primary N) is 1. The van der Waals surface area contributed by atoms with E-state index in [9.17, 15) is 9.18 Å². The second-order valence-corrected chi connectivity index (χ2v) is 4.12. The van der Waals surface area contributed by atoms with Crippen molar-refractivity contribution in [1.82, 2.24) is 0 Å². The van der Waals surface area contributed by atoms with E-state index in [4.69, 9.17) is 15.7 Å². The Balaban J connectivity index is 2.05. The molecule has 0 radical (unpaired) electrons. The molecule has 5 heteroatoms. The second kappa shape index (κ2) is 5.85. The Bertz CT molecular complexity index is 693. The number of hydrogen-bond acceptors (Lipinski definition) is 4. The fraction of sp³-hybridized carbons (Fsp3) is 0.0667. The summed E-state index contributed by atoms with van der Waals surface area (Å²) >= 11 is 0. The van der Waals surface area contributed by atoms with Crippen LogP contribution in [-0.2, 0) is 11.3 Å². The number of carbonyl (C=O) groups is 1. The second-order valence-electron chi connectivity index (χ2n) is 4.12. The maximum Gasteiger partial charge on any atom is 0.338 e. The first-order valence-electron chi connectivity index (χ1n) is 5.81. The molecule has 0 aliphatic heterocycles. The third-order valence-corrected chi connectivity index (χ3v) is 2.66. The van der Waals surface area contributed by atoms with Crippen molar-refractivity contribution >= 4 is 11.7 Å². The highest BCUT2D eigenvalue weighted by Crippen LogP contribution is 2.14. The number of benzene rings is 2. The zero-order chi connectivity index (χ0) is 14.5. The summed E-state index contributed by atoms with van der Waals surface area (Å²) in [4.78, 5) is 11.8. The van der Waals surface area contributed by atoms with Crippen molar-refractivity contribution in [2.45, 2.75) is 6.61 Å². The molecule has 0 bridgehead atoms. The van der Waals surface area contributed by atoms with Crippen molar-refractivity contribution in [3.63, 3.8) is 0 Å². The topological polar surface area (TPSA) is 76.1 Å². The van der Waals surface area contributed by atoms with E-state index in [1.54, 1.807) is 24.3 Å². The first-order valence-corrected chi connectivity index (χ1v) is 5.81. The number of nitrogen functional groups attached to an aromatic ring is 1. The lowest BCUT2D eigenvalue weighted by molar-refractivity contribution is 0.0472. The summed E-state index contributed by atoms with van der Waals surface area (Å²) in [5.41, 5.74) is 6.65. The molecule has 0 spiro atoms. The van der Waals surface area contributed by atoms with Gasteiger partial charge in [-0.05, 0) is 35.9 Å². The van der Waals surface area contributed by atoms with Crippen molar-refractivity contribution in [3.05, 3.63) is 65.0 Å². The molecular weight excluding hydrogens is 259 g/mol. The minimum atomic E-state index is -0.598. The summed E-state index contributed by atoms with van der Waals surface area (Å²) in [5, 5.41) is 8.77. The summed E-state index contributed by atoms with van der Waals surface area (Å²) < 4.78 is 18.1. The zero-order valence-corrected chi connectivity index (χ0v) is 10.5. The SMILES string of the molecule is N#Cc1cccc(COC(=O)c2ccc(F)c(N)c2)c1. The molecule has 2 aromatic carbocycles. The van der Waals surface area contributed by atoms with Gasteiger partial charge in [0.05, 0.1) is 22.9 Å². The smallest absolute Gasteiger partial charge is 0.338 e. The number of rotatable bonds is 3. The molecule has 4 nitrogen and oxygen atoms in total. The summed E-state index contributed by atoms with van der Waals surface area (Å²) in [7, 11) is 0. The number of anilines is 1. The molecule has 0 aliphatic rings. The van der Waals surface area contributed by atoms with Gasteiger partial charge in [0.15, 0.2) is 0 Å².